The molecule has 4 heteroatoms. The van der Waals surface area contributed by atoms with Crippen molar-refractivity contribution in [1.29, 1.82) is 0 Å². The van der Waals surface area contributed by atoms with Crippen molar-refractivity contribution in [3.05, 3.63) is 0 Å². The van der Waals surface area contributed by atoms with Crippen LogP contribution in [0.5, 0.6) is 0 Å². The maximum atomic E-state index is 11.4. The number of hydrogen-bond acceptors (Lipinski definition) is 2. The first kappa shape index (κ1) is 13.2. The van der Waals surface area contributed by atoms with Crippen molar-refractivity contribution in [3.8, 4) is 0 Å². The first-order valence-corrected chi connectivity index (χ1v) is 6.91. The average Bonchev–Trinajstić information content (AvgIpc) is 1.97. The summed E-state index contributed by atoms with van der Waals surface area (Å²) in [5, 5.41) is 6.69. The maximum Gasteiger partial charge on any atom is 0.230 e. The van der Waals surface area contributed by atoms with Crippen molar-refractivity contribution in [2.45, 2.75) is 57.7 Å². The molecule has 2 N–H and O–H groups in total. The highest BCUT2D eigenvalue weighted by atomic mass is 127. The van der Waals surface area contributed by atoms with E-state index in [2.05, 4.69) is 60.9 Å². The zero-order valence-corrected chi connectivity index (χ0v) is 12.1. The molecule has 1 aliphatic rings. The van der Waals surface area contributed by atoms with Gasteiger partial charge in [-0.1, -0.05) is 22.6 Å². The topological polar surface area (TPSA) is 41.1 Å². The smallest absolute Gasteiger partial charge is 0.230 e. The van der Waals surface area contributed by atoms with E-state index >= 15 is 0 Å². The van der Waals surface area contributed by atoms with E-state index in [1.165, 1.54) is 0 Å². The summed E-state index contributed by atoms with van der Waals surface area (Å²) in [6.45, 7) is 8.77. The zero-order chi connectivity index (χ0) is 11.7. The van der Waals surface area contributed by atoms with Crippen LogP contribution in [0, 0.1) is 0 Å². The lowest BCUT2D eigenvalue weighted by atomic mass is 9.79. The van der Waals surface area contributed by atoms with Crippen LogP contribution in [0.25, 0.3) is 0 Å². The molecule has 1 rings (SSSR count). The molecule has 1 saturated heterocycles. The molecule has 0 aromatic heterocycles. The third-order valence-electron chi connectivity index (χ3n) is 2.68. The summed E-state index contributed by atoms with van der Waals surface area (Å²) in [5.74, 6) is 0.147. The second-order valence-electron chi connectivity index (χ2n) is 5.70. The van der Waals surface area contributed by atoms with Gasteiger partial charge in [0.2, 0.25) is 5.91 Å². The van der Waals surface area contributed by atoms with Gasteiger partial charge in [-0.05, 0) is 40.5 Å². The molecule has 1 heterocycles. The molecule has 0 aromatic carbocycles. The number of carbonyl (C=O) groups is 1. The van der Waals surface area contributed by atoms with E-state index in [0.717, 1.165) is 12.8 Å². The monoisotopic (exact) mass is 324 g/mol. The van der Waals surface area contributed by atoms with Gasteiger partial charge in [-0.2, -0.15) is 0 Å². The molecule has 0 radical (unpaired) electrons. The number of amides is 1. The third kappa shape index (κ3) is 4.26. The Labute approximate surface area is 106 Å². The van der Waals surface area contributed by atoms with Gasteiger partial charge in [0.05, 0.1) is 4.43 Å². The molecule has 88 valence electrons. The van der Waals surface area contributed by atoms with Crippen LogP contribution < -0.4 is 10.6 Å². The maximum absolute atomic E-state index is 11.4. The minimum absolute atomic E-state index is 0.102. The van der Waals surface area contributed by atoms with Gasteiger partial charge >= 0.3 is 0 Å². The molecule has 0 aliphatic carbocycles. The second-order valence-corrected chi connectivity index (χ2v) is 6.46. The Balaban J connectivity index is 2.63. The third-order valence-corrected chi connectivity index (χ3v) is 3.37. The number of hydrogen-bond donors (Lipinski definition) is 2. The van der Waals surface area contributed by atoms with Gasteiger partial charge in [0.15, 0.2) is 0 Å². The fourth-order valence-corrected chi connectivity index (χ4v) is 2.91. The standard InChI is InChI=1S/C11H21IN2O/c1-10(2)5-8(13-9(15)7-12)6-11(3,4)14-10/h8,14H,5-7H2,1-4H3,(H,13,15). The Morgan fingerprint density at radius 2 is 1.80 bits per heavy atom. The van der Waals surface area contributed by atoms with Crippen LogP contribution in [0.1, 0.15) is 40.5 Å². The quantitative estimate of drug-likeness (QED) is 0.601. The Morgan fingerprint density at radius 3 is 2.20 bits per heavy atom. The zero-order valence-electron chi connectivity index (χ0n) is 9.98. The van der Waals surface area contributed by atoms with Crippen molar-refractivity contribution < 1.29 is 4.79 Å². The van der Waals surface area contributed by atoms with Crippen LogP contribution in [-0.4, -0.2) is 27.5 Å². The fourth-order valence-electron chi connectivity index (χ4n) is 2.69. The Bertz CT molecular complexity index is 235. The molecule has 0 aromatic rings. The Kier molecular flexibility index (Phi) is 4.03. The van der Waals surface area contributed by atoms with E-state index in [9.17, 15) is 4.79 Å². The van der Waals surface area contributed by atoms with Crippen molar-refractivity contribution >= 4 is 28.5 Å². The highest BCUT2D eigenvalue weighted by Gasteiger charge is 2.37. The van der Waals surface area contributed by atoms with Crippen molar-refractivity contribution in [1.82, 2.24) is 10.6 Å². The minimum Gasteiger partial charge on any atom is -0.353 e. The van der Waals surface area contributed by atoms with Crippen LogP contribution in [-0.2, 0) is 4.79 Å². The normalized spacial score (nSPS) is 24.9. The van der Waals surface area contributed by atoms with Crippen LogP contribution in [0.2, 0.25) is 0 Å². The highest BCUT2D eigenvalue weighted by molar-refractivity contribution is 14.1. The molecule has 0 unspecified atom stereocenters. The fraction of sp³-hybridized carbons (Fsp3) is 0.909. The average molecular weight is 324 g/mol. The molecule has 0 atom stereocenters. The highest BCUT2D eigenvalue weighted by Crippen LogP contribution is 2.28. The molecule has 0 spiro atoms. The second kappa shape index (κ2) is 4.57. The van der Waals surface area contributed by atoms with Gasteiger partial charge in [-0.3, -0.25) is 4.79 Å². The number of nitrogens with one attached hydrogen (secondary N) is 2. The summed E-state index contributed by atoms with van der Waals surface area (Å²) in [6, 6.07) is 0.304. The number of rotatable bonds is 2. The van der Waals surface area contributed by atoms with E-state index in [1.54, 1.807) is 0 Å². The van der Waals surface area contributed by atoms with Crippen LogP contribution in [0.15, 0.2) is 0 Å². The molecular weight excluding hydrogens is 303 g/mol. The first-order chi connectivity index (χ1) is 6.74. The summed E-state index contributed by atoms with van der Waals surface area (Å²) in [5.41, 5.74) is 0.204. The molecular formula is C11H21IN2O. The van der Waals surface area contributed by atoms with Crippen LogP contribution in [0.4, 0.5) is 0 Å². The van der Waals surface area contributed by atoms with Crippen molar-refractivity contribution in [2.75, 3.05) is 4.43 Å². The Morgan fingerprint density at radius 1 is 1.33 bits per heavy atom. The Hall–Kier alpha value is 0.160. The van der Waals surface area contributed by atoms with E-state index < -0.39 is 0 Å². The molecule has 1 fully saturated rings. The predicted octanol–water partition coefficient (Wildman–Crippen LogP) is 1.85. The molecule has 3 nitrogen and oxygen atoms in total. The summed E-state index contributed by atoms with van der Waals surface area (Å²) in [7, 11) is 0. The van der Waals surface area contributed by atoms with Crippen molar-refractivity contribution in [3.63, 3.8) is 0 Å². The van der Waals surface area contributed by atoms with E-state index in [-0.39, 0.29) is 17.0 Å². The van der Waals surface area contributed by atoms with E-state index in [1.807, 2.05) is 0 Å². The van der Waals surface area contributed by atoms with Gasteiger partial charge in [-0.15, -0.1) is 0 Å². The van der Waals surface area contributed by atoms with Gasteiger partial charge in [-0.25, -0.2) is 0 Å². The van der Waals surface area contributed by atoms with Crippen molar-refractivity contribution in [2.24, 2.45) is 0 Å². The summed E-state index contributed by atoms with van der Waals surface area (Å²) >= 11 is 2.10. The molecule has 1 amide bonds. The SMILES string of the molecule is CC1(C)CC(NC(=O)CI)CC(C)(C)N1. The predicted molar refractivity (Wildman–Crippen MR) is 71.3 cm³/mol. The molecule has 0 saturated carbocycles. The van der Waals surface area contributed by atoms with Gasteiger partial charge in [0.1, 0.15) is 0 Å². The molecule has 15 heavy (non-hydrogen) atoms. The van der Waals surface area contributed by atoms with Crippen LogP contribution in [0.3, 0.4) is 0 Å². The molecule has 0 bridgehead atoms. The lowest BCUT2D eigenvalue weighted by Gasteiger charge is -2.46. The number of halogens is 1. The van der Waals surface area contributed by atoms with E-state index in [0.29, 0.717) is 10.5 Å². The lowest BCUT2D eigenvalue weighted by molar-refractivity contribution is -0.119. The van der Waals surface area contributed by atoms with Gasteiger partial charge in [0.25, 0.3) is 0 Å². The molecule has 1 aliphatic heterocycles. The minimum atomic E-state index is 0.102. The largest absolute Gasteiger partial charge is 0.353 e. The van der Waals surface area contributed by atoms with Crippen LogP contribution >= 0.6 is 22.6 Å². The summed E-state index contributed by atoms with van der Waals surface area (Å²) in [6.07, 6.45) is 2.00. The van der Waals surface area contributed by atoms with Gasteiger partial charge < -0.3 is 10.6 Å². The lowest BCUT2D eigenvalue weighted by Crippen LogP contribution is -2.62. The van der Waals surface area contributed by atoms with Gasteiger partial charge in [0, 0.05) is 17.1 Å². The number of carbonyl (C=O) groups excluding carboxylic acids is 1. The number of alkyl halides is 1. The first-order valence-electron chi connectivity index (χ1n) is 5.39. The van der Waals surface area contributed by atoms with E-state index in [4.69, 9.17) is 0 Å². The summed E-state index contributed by atoms with van der Waals surface area (Å²) in [4.78, 5) is 11.4. The number of piperidine rings is 1. The summed E-state index contributed by atoms with van der Waals surface area (Å²) < 4.78 is 0.544.